The summed E-state index contributed by atoms with van der Waals surface area (Å²) in [4.78, 5) is 35.3. The van der Waals surface area contributed by atoms with E-state index in [1.807, 2.05) is 45.2 Å². The van der Waals surface area contributed by atoms with Gasteiger partial charge in [-0.2, -0.15) is 21.6 Å². The molecule has 31 heavy (non-hydrogen) atoms. The lowest BCUT2D eigenvalue weighted by Gasteiger charge is -2.17. The van der Waals surface area contributed by atoms with Gasteiger partial charge in [-0.1, -0.05) is 0 Å². The zero-order valence-electron chi connectivity index (χ0n) is 14.1. The smallest absolute Gasteiger partial charge is 0.426 e. The van der Waals surface area contributed by atoms with Crippen LogP contribution in [0.2, 0.25) is 0 Å². The van der Waals surface area contributed by atoms with Crippen molar-refractivity contribution in [3.8, 4) is 12.0 Å². The molecule has 1 aromatic carbocycles. The molecule has 1 rings (SSSR count). The maximum Gasteiger partial charge on any atom is 0.426 e. The minimum atomic E-state index is -5.33. The van der Waals surface area contributed by atoms with E-state index in [4.69, 9.17) is 4.55 Å². The van der Waals surface area contributed by atoms with Gasteiger partial charge in [-0.15, -0.1) is 0 Å². The molecule has 1 atom stereocenters. The third kappa shape index (κ3) is 8.27. The Morgan fingerprint density at radius 2 is 1.48 bits per heavy atom. The third-order valence-electron chi connectivity index (χ3n) is 2.96. The first-order valence-electron chi connectivity index (χ1n) is 7.01. The first-order chi connectivity index (χ1) is 14.0. The molecule has 0 saturated carbocycles. The van der Waals surface area contributed by atoms with Crippen molar-refractivity contribution in [2.24, 2.45) is 0 Å². The normalized spacial score (nSPS) is 12.4. The van der Waals surface area contributed by atoms with E-state index in [2.05, 4.69) is 9.47 Å². The minimum Gasteiger partial charge on any atom is -0.478 e. The molecule has 0 fully saturated rings. The summed E-state index contributed by atoms with van der Waals surface area (Å²) in [5.41, 5.74) is -0.779. The summed E-state index contributed by atoms with van der Waals surface area (Å²) >= 11 is 7.16. The molecule has 0 heterocycles. The number of hydrogen-bond acceptors (Lipinski definition) is 7. The molecular formula is C14H5F3I4O9S. The summed E-state index contributed by atoms with van der Waals surface area (Å²) in [6, 6.07) is 0. The summed E-state index contributed by atoms with van der Waals surface area (Å²) < 4.78 is 77.8. The molecule has 17 heteroatoms. The SMILES string of the molecule is O=C(C#COC(=O)c1c(I)c(I)c(I)c(I)c1C(=O)O)OC(CS(=O)(=O)O)C(F)(F)F. The van der Waals surface area contributed by atoms with Crippen molar-refractivity contribution < 1.29 is 55.1 Å². The third-order valence-corrected chi connectivity index (χ3v) is 11.1. The maximum atomic E-state index is 12.7. The van der Waals surface area contributed by atoms with Crippen LogP contribution < -0.4 is 0 Å². The van der Waals surface area contributed by atoms with E-state index >= 15 is 0 Å². The van der Waals surface area contributed by atoms with Crippen molar-refractivity contribution in [2.45, 2.75) is 12.3 Å². The molecule has 0 aliphatic carbocycles. The minimum absolute atomic E-state index is 0.208. The standard InChI is InChI=1S/C14H5F3I4O9S/c15-14(16,17)4(3-31(26,27)28)30-5(22)1-2-29-13(25)7-6(12(23)24)8(18)10(20)11(21)9(7)19/h4H,3H2,(H,23,24)(H,26,27,28). The summed E-state index contributed by atoms with van der Waals surface area (Å²) in [6.07, 6.45) is -7.04. The number of benzene rings is 1. The Morgan fingerprint density at radius 3 is 1.90 bits per heavy atom. The quantitative estimate of drug-likeness (QED) is 0.114. The molecule has 0 aliphatic heterocycles. The molecule has 0 amide bonds. The van der Waals surface area contributed by atoms with E-state index in [0.29, 0.717) is 7.14 Å². The Hall–Kier alpha value is -0.190. The molecule has 0 saturated heterocycles. The van der Waals surface area contributed by atoms with Crippen molar-refractivity contribution in [1.82, 2.24) is 0 Å². The van der Waals surface area contributed by atoms with Crippen LogP contribution >= 0.6 is 90.4 Å². The lowest BCUT2D eigenvalue weighted by molar-refractivity contribution is -0.211. The molecule has 0 bridgehead atoms. The van der Waals surface area contributed by atoms with Crippen LogP contribution in [0.25, 0.3) is 0 Å². The Kier molecular flexibility index (Phi) is 10.5. The van der Waals surface area contributed by atoms with Gasteiger partial charge in [0.1, 0.15) is 11.9 Å². The van der Waals surface area contributed by atoms with Crippen molar-refractivity contribution >= 4 is 118 Å². The number of halogens is 7. The number of hydrogen-bond donors (Lipinski definition) is 2. The van der Waals surface area contributed by atoms with Crippen LogP contribution in [0.4, 0.5) is 13.2 Å². The Labute approximate surface area is 226 Å². The first-order valence-corrected chi connectivity index (χ1v) is 12.9. The van der Waals surface area contributed by atoms with Crippen molar-refractivity contribution in [3.05, 3.63) is 25.4 Å². The predicted molar refractivity (Wildman–Crippen MR) is 130 cm³/mol. The predicted octanol–water partition coefficient (Wildman–Crippen LogP) is 3.28. The second-order valence-corrected chi connectivity index (χ2v) is 10.9. The van der Waals surface area contributed by atoms with E-state index in [-0.39, 0.29) is 12.7 Å². The van der Waals surface area contributed by atoms with Crippen LogP contribution in [0.3, 0.4) is 0 Å². The number of aromatic carboxylic acids is 1. The summed E-state index contributed by atoms with van der Waals surface area (Å²) in [5, 5.41) is 9.41. The van der Waals surface area contributed by atoms with Crippen molar-refractivity contribution in [1.29, 1.82) is 0 Å². The van der Waals surface area contributed by atoms with Crippen LogP contribution in [0, 0.1) is 26.3 Å². The number of esters is 2. The van der Waals surface area contributed by atoms with E-state index in [0.717, 1.165) is 0 Å². The highest BCUT2D eigenvalue weighted by molar-refractivity contribution is 14.1. The number of carboxylic acid groups (broad SMARTS) is 1. The zero-order chi connectivity index (χ0) is 24.3. The van der Waals surface area contributed by atoms with E-state index in [9.17, 15) is 41.1 Å². The van der Waals surface area contributed by atoms with Crippen molar-refractivity contribution in [3.63, 3.8) is 0 Å². The van der Waals surface area contributed by atoms with Gasteiger partial charge in [0, 0.05) is 14.3 Å². The van der Waals surface area contributed by atoms with Gasteiger partial charge < -0.3 is 14.6 Å². The van der Waals surface area contributed by atoms with Gasteiger partial charge in [0.05, 0.1) is 17.0 Å². The Balaban J connectivity index is 3.13. The van der Waals surface area contributed by atoms with Gasteiger partial charge >= 0.3 is 24.1 Å². The second kappa shape index (κ2) is 11.3. The van der Waals surface area contributed by atoms with Gasteiger partial charge in [-0.05, 0) is 90.4 Å². The fraction of sp³-hybridized carbons (Fsp3) is 0.214. The summed E-state index contributed by atoms with van der Waals surface area (Å²) in [5.74, 6) is -5.21. The fourth-order valence-electron chi connectivity index (χ4n) is 1.73. The molecule has 170 valence electrons. The fourth-order valence-corrected chi connectivity index (χ4v) is 6.01. The number of carboxylic acids is 1. The Bertz CT molecular complexity index is 1110. The van der Waals surface area contributed by atoms with Gasteiger partial charge in [0.25, 0.3) is 10.1 Å². The summed E-state index contributed by atoms with van der Waals surface area (Å²) in [6.45, 7) is 0. The van der Waals surface area contributed by atoms with Crippen LogP contribution in [0.15, 0.2) is 0 Å². The highest BCUT2D eigenvalue weighted by atomic mass is 127. The lowest BCUT2D eigenvalue weighted by Crippen LogP contribution is -2.39. The highest BCUT2D eigenvalue weighted by Crippen LogP contribution is 2.33. The topological polar surface area (TPSA) is 144 Å². The maximum absolute atomic E-state index is 12.7. The molecule has 0 aliphatic rings. The van der Waals surface area contributed by atoms with Crippen LogP contribution in [-0.2, 0) is 24.4 Å². The van der Waals surface area contributed by atoms with Gasteiger partial charge in [-0.3, -0.25) is 4.55 Å². The largest absolute Gasteiger partial charge is 0.478 e. The number of carbonyl (C=O) groups excluding carboxylic acids is 2. The number of rotatable bonds is 5. The molecule has 1 aromatic rings. The summed E-state index contributed by atoms with van der Waals surface area (Å²) in [7, 11) is -5.14. The number of alkyl halides is 3. The Morgan fingerprint density at radius 1 is 1.00 bits per heavy atom. The second-order valence-electron chi connectivity index (χ2n) is 5.11. The molecule has 0 aromatic heterocycles. The van der Waals surface area contributed by atoms with Crippen LogP contribution in [0.5, 0.6) is 0 Å². The van der Waals surface area contributed by atoms with Gasteiger partial charge in [0.2, 0.25) is 6.10 Å². The van der Waals surface area contributed by atoms with Crippen LogP contribution in [0.1, 0.15) is 20.7 Å². The van der Waals surface area contributed by atoms with Crippen molar-refractivity contribution in [2.75, 3.05) is 5.75 Å². The van der Waals surface area contributed by atoms with E-state index in [1.54, 1.807) is 45.2 Å². The molecule has 0 radical (unpaired) electrons. The molecule has 1 unspecified atom stereocenters. The molecule has 0 spiro atoms. The average molecular weight is 914 g/mol. The molecular weight excluding hydrogens is 909 g/mol. The average Bonchev–Trinajstić information content (AvgIpc) is 2.59. The van der Waals surface area contributed by atoms with E-state index < -0.39 is 51.6 Å². The monoisotopic (exact) mass is 914 g/mol. The highest BCUT2D eigenvalue weighted by Gasteiger charge is 2.45. The van der Waals surface area contributed by atoms with Gasteiger partial charge in [0.15, 0.2) is 0 Å². The first kappa shape index (κ1) is 28.8. The lowest BCUT2D eigenvalue weighted by atomic mass is 10.1. The van der Waals surface area contributed by atoms with Gasteiger partial charge in [-0.25, -0.2) is 14.4 Å². The zero-order valence-corrected chi connectivity index (χ0v) is 23.5. The molecule has 2 N–H and O–H groups in total. The number of ether oxygens (including phenoxy) is 2. The molecule has 9 nitrogen and oxygen atoms in total. The van der Waals surface area contributed by atoms with E-state index in [1.165, 1.54) is 12.0 Å². The number of carbonyl (C=O) groups is 3. The van der Waals surface area contributed by atoms with Crippen LogP contribution in [-0.4, -0.2) is 54.0 Å².